The Morgan fingerprint density at radius 3 is 2.93 bits per heavy atom. The van der Waals surface area contributed by atoms with Crippen molar-refractivity contribution in [1.29, 1.82) is 0 Å². The second-order valence-corrected chi connectivity index (χ2v) is 4.53. The second kappa shape index (κ2) is 4.79. The Labute approximate surface area is 98.4 Å². The molecule has 0 N–H and O–H groups in total. The molecule has 0 spiro atoms. The first-order chi connectivity index (χ1) is 7.33. The standard InChI is InChI=1S/C12H14BrNO/c13-7-3-8-14-9-6-10-4-1-2-5-11(10)12(14)15/h1-2,4-5H,3,6-9H2. The van der Waals surface area contributed by atoms with Crippen LogP contribution in [0.1, 0.15) is 22.3 Å². The molecule has 0 aliphatic carbocycles. The minimum absolute atomic E-state index is 0.192. The zero-order valence-electron chi connectivity index (χ0n) is 8.58. The fourth-order valence-electron chi connectivity index (χ4n) is 1.94. The molecule has 1 aromatic rings. The van der Waals surface area contributed by atoms with Crippen LogP contribution in [-0.4, -0.2) is 29.2 Å². The molecule has 3 heteroatoms. The summed E-state index contributed by atoms with van der Waals surface area (Å²) in [6.07, 6.45) is 2.01. The summed E-state index contributed by atoms with van der Waals surface area (Å²) in [5.74, 6) is 0.192. The van der Waals surface area contributed by atoms with Crippen molar-refractivity contribution in [1.82, 2.24) is 4.90 Å². The molecule has 0 atom stereocenters. The number of amides is 1. The van der Waals surface area contributed by atoms with Crippen LogP contribution in [0.25, 0.3) is 0 Å². The molecule has 15 heavy (non-hydrogen) atoms. The fraction of sp³-hybridized carbons (Fsp3) is 0.417. The van der Waals surface area contributed by atoms with Gasteiger partial charge in [-0.3, -0.25) is 4.79 Å². The summed E-state index contributed by atoms with van der Waals surface area (Å²) in [5.41, 5.74) is 2.08. The normalized spacial score (nSPS) is 15.3. The molecule has 1 amide bonds. The number of benzene rings is 1. The molecule has 0 fully saturated rings. The van der Waals surface area contributed by atoms with Crippen LogP contribution < -0.4 is 0 Å². The van der Waals surface area contributed by atoms with Gasteiger partial charge in [0.15, 0.2) is 0 Å². The van der Waals surface area contributed by atoms with Crippen LogP contribution in [0.15, 0.2) is 24.3 Å². The molecule has 0 radical (unpaired) electrons. The van der Waals surface area contributed by atoms with Crippen molar-refractivity contribution < 1.29 is 4.79 Å². The van der Waals surface area contributed by atoms with Gasteiger partial charge in [-0.15, -0.1) is 0 Å². The lowest BCUT2D eigenvalue weighted by Crippen LogP contribution is -2.38. The van der Waals surface area contributed by atoms with E-state index in [1.165, 1.54) is 5.56 Å². The van der Waals surface area contributed by atoms with E-state index in [2.05, 4.69) is 22.0 Å². The lowest BCUT2D eigenvalue weighted by molar-refractivity contribution is 0.0740. The van der Waals surface area contributed by atoms with E-state index < -0.39 is 0 Å². The van der Waals surface area contributed by atoms with Crippen molar-refractivity contribution in [3.8, 4) is 0 Å². The van der Waals surface area contributed by atoms with E-state index in [1.54, 1.807) is 0 Å². The Morgan fingerprint density at radius 2 is 2.13 bits per heavy atom. The Hall–Kier alpha value is -0.830. The SMILES string of the molecule is O=C1c2ccccc2CCN1CCCBr. The number of nitrogens with zero attached hydrogens (tertiary/aromatic N) is 1. The van der Waals surface area contributed by atoms with Crippen molar-refractivity contribution >= 4 is 21.8 Å². The van der Waals surface area contributed by atoms with Gasteiger partial charge >= 0.3 is 0 Å². The van der Waals surface area contributed by atoms with Gasteiger partial charge in [-0.1, -0.05) is 34.1 Å². The van der Waals surface area contributed by atoms with Crippen LogP contribution in [0.2, 0.25) is 0 Å². The summed E-state index contributed by atoms with van der Waals surface area (Å²) in [5, 5.41) is 0.957. The number of carbonyl (C=O) groups excluding carboxylic acids is 1. The Bertz CT molecular complexity index is 364. The minimum Gasteiger partial charge on any atom is -0.338 e. The van der Waals surface area contributed by atoms with Gasteiger partial charge in [0.2, 0.25) is 0 Å². The van der Waals surface area contributed by atoms with Crippen molar-refractivity contribution in [2.75, 3.05) is 18.4 Å². The molecule has 80 valence electrons. The molecular weight excluding hydrogens is 254 g/mol. The first-order valence-corrected chi connectivity index (χ1v) is 6.38. The van der Waals surface area contributed by atoms with E-state index in [9.17, 15) is 4.79 Å². The number of fused-ring (bicyclic) bond motifs is 1. The molecule has 0 unspecified atom stereocenters. The molecule has 0 saturated carbocycles. The molecule has 0 bridgehead atoms. The van der Waals surface area contributed by atoms with Crippen LogP contribution in [0.4, 0.5) is 0 Å². The smallest absolute Gasteiger partial charge is 0.254 e. The third-order valence-electron chi connectivity index (χ3n) is 2.75. The third-order valence-corrected chi connectivity index (χ3v) is 3.31. The zero-order valence-corrected chi connectivity index (χ0v) is 10.2. The predicted octanol–water partition coefficient (Wildman–Crippen LogP) is 2.47. The number of carbonyl (C=O) groups is 1. The highest BCUT2D eigenvalue weighted by Crippen LogP contribution is 2.18. The van der Waals surface area contributed by atoms with Crippen molar-refractivity contribution in [3.63, 3.8) is 0 Å². The summed E-state index contributed by atoms with van der Waals surface area (Å²) < 4.78 is 0. The molecule has 1 aliphatic rings. The van der Waals surface area contributed by atoms with Gasteiger partial charge in [-0.2, -0.15) is 0 Å². The van der Waals surface area contributed by atoms with Crippen LogP contribution >= 0.6 is 15.9 Å². The van der Waals surface area contributed by atoms with E-state index in [1.807, 2.05) is 23.1 Å². The Balaban J connectivity index is 2.15. The van der Waals surface area contributed by atoms with Gasteiger partial charge < -0.3 is 4.90 Å². The molecule has 1 aliphatic heterocycles. The van der Waals surface area contributed by atoms with Crippen molar-refractivity contribution in [2.45, 2.75) is 12.8 Å². The lowest BCUT2D eigenvalue weighted by Gasteiger charge is -2.28. The van der Waals surface area contributed by atoms with Crippen LogP contribution in [0.5, 0.6) is 0 Å². The largest absolute Gasteiger partial charge is 0.338 e. The van der Waals surface area contributed by atoms with Crippen LogP contribution in [0.3, 0.4) is 0 Å². The van der Waals surface area contributed by atoms with E-state index in [4.69, 9.17) is 0 Å². The number of hydrogen-bond donors (Lipinski definition) is 0. The third kappa shape index (κ3) is 2.23. The Kier molecular flexibility index (Phi) is 3.41. The predicted molar refractivity (Wildman–Crippen MR) is 64.5 cm³/mol. The van der Waals surface area contributed by atoms with Crippen molar-refractivity contribution in [3.05, 3.63) is 35.4 Å². The molecule has 2 rings (SSSR count). The average molecular weight is 268 g/mol. The molecule has 0 aromatic heterocycles. The van der Waals surface area contributed by atoms with E-state index in [0.29, 0.717) is 0 Å². The maximum Gasteiger partial charge on any atom is 0.254 e. The van der Waals surface area contributed by atoms with Gasteiger partial charge in [0.1, 0.15) is 0 Å². The minimum atomic E-state index is 0.192. The summed E-state index contributed by atoms with van der Waals surface area (Å²) in [7, 11) is 0. The fourth-order valence-corrected chi connectivity index (χ4v) is 2.19. The highest BCUT2D eigenvalue weighted by molar-refractivity contribution is 9.09. The Morgan fingerprint density at radius 1 is 1.33 bits per heavy atom. The maximum absolute atomic E-state index is 12.0. The molecular formula is C12H14BrNO. The highest BCUT2D eigenvalue weighted by atomic mass is 79.9. The van der Waals surface area contributed by atoms with E-state index in [-0.39, 0.29) is 5.91 Å². The number of alkyl halides is 1. The molecule has 2 nitrogen and oxygen atoms in total. The zero-order chi connectivity index (χ0) is 10.7. The highest BCUT2D eigenvalue weighted by Gasteiger charge is 2.22. The lowest BCUT2D eigenvalue weighted by atomic mass is 9.99. The average Bonchev–Trinajstić information content (AvgIpc) is 2.29. The molecule has 1 heterocycles. The second-order valence-electron chi connectivity index (χ2n) is 3.74. The van der Waals surface area contributed by atoms with Gasteiger partial charge in [-0.05, 0) is 24.5 Å². The van der Waals surface area contributed by atoms with Gasteiger partial charge in [0.05, 0.1) is 0 Å². The van der Waals surface area contributed by atoms with Gasteiger partial charge in [0, 0.05) is 24.0 Å². The van der Waals surface area contributed by atoms with Gasteiger partial charge in [0.25, 0.3) is 5.91 Å². The summed E-state index contributed by atoms with van der Waals surface area (Å²) in [6, 6.07) is 7.91. The summed E-state index contributed by atoms with van der Waals surface area (Å²) in [6.45, 7) is 1.72. The van der Waals surface area contributed by atoms with E-state index in [0.717, 1.165) is 36.8 Å². The first kappa shape index (κ1) is 10.7. The number of halogens is 1. The van der Waals surface area contributed by atoms with Crippen LogP contribution in [-0.2, 0) is 6.42 Å². The molecule has 0 saturated heterocycles. The quantitative estimate of drug-likeness (QED) is 0.771. The monoisotopic (exact) mass is 267 g/mol. The maximum atomic E-state index is 12.0. The topological polar surface area (TPSA) is 20.3 Å². The number of rotatable bonds is 3. The summed E-state index contributed by atoms with van der Waals surface area (Å²) >= 11 is 3.39. The van der Waals surface area contributed by atoms with Crippen LogP contribution in [0, 0.1) is 0 Å². The first-order valence-electron chi connectivity index (χ1n) is 5.26. The molecule has 1 aromatic carbocycles. The summed E-state index contributed by atoms with van der Waals surface area (Å²) in [4.78, 5) is 14.0. The number of hydrogen-bond acceptors (Lipinski definition) is 1. The van der Waals surface area contributed by atoms with Crippen molar-refractivity contribution in [2.24, 2.45) is 0 Å². The van der Waals surface area contributed by atoms with Gasteiger partial charge in [-0.25, -0.2) is 0 Å². The van der Waals surface area contributed by atoms with E-state index >= 15 is 0 Å².